The van der Waals surface area contributed by atoms with Crippen molar-refractivity contribution >= 4 is 17.7 Å². The first-order valence-electron chi connectivity index (χ1n) is 6.40. The summed E-state index contributed by atoms with van der Waals surface area (Å²) in [6.07, 6.45) is -4.43. The number of thioether (sulfide) groups is 1. The number of rotatable bonds is 4. The third-order valence-corrected chi connectivity index (χ3v) is 4.29. The lowest BCUT2D eigenvalue weighted by molar-refractivity contribution is -0.137. The van der Waals surface area contributed by atoms with Crippen LogP contribution in [0.4, 0.5) is 13.2 Å². The molecule has 0 aromatic heterocycles. The first-order valence-corrected chi connectivity index (χ1v) is 7.28. The second-order valence-corrected chi connectivity index (χ2v) is 5.95. The Labute approximate surface area is 130 Å². The van der Waals surface area contributed by atoms with E-state index in [0.717, 1.165) is 34.4 Å². The van der Waals surface area contributed by atoms with Crippen molar-refractivity contribution in [1.82, 2.24) is 0 Å². The van der Waals surface area contributed by atoms with Gasteiger partial charge >= 0.3 is 12.1 Å². The zero-order chi connectivity index (χ0) is 16.3. The number of hydrogen-bond donors (Lipinski definition) is 1. The van der Waals surface area contributed by atoms with E-state index in [1.807, 2.05) is 19.1 Å². The Morgan fingerprint density at radius 2 is 1.59 bits per heavy atom. The first kappa shape index (κ1) is 16.4. The highest BCUT2D eigenvalue weighted by molar-refractivity contribution is 8.00. The molecule has 116 valence electrons. The summed E-state index contributed by atoms with van der Waals surface area (Å²) in [6.45, 7) is 1.92. The molecule has 0 saturated carbocycles. The van der Waals surface area contributed by atoms with Gasteiger partial charge in [-0.1, -0.05) is 29.8 Å². The Hall–Kier alpha value is -1.95. The van der Waals surface area contributed by atoms with E-state index < -0.39 is 23.0 Å². The average Bonchev–Trinajstić information content (AvgIpc) is 2.45. The van der Waals surface area contributed by atoms with Crippen molar-refractivity contribution in [3.63, 3.8) is 0 Å². The molecule has 0 aliphatic carbocycles. The quantitative estimate of drug-likeness (QED) is 0.809. The van der Waals surface area contributed by atoms with Gasteiger partial charge in [-0.25, -0.2) is 0 Å². The van der Waals surface area contributed by atoms with Gasteiger partial charge in [0.15, 0.2) is 0 Å². The maximum absolute atomic E-state index is 12.5. The van der Waals surface area contributed by atoms with Gasteiger partial charge in [-0.3, -0.25) is 4.79 Å². The van der Waals surface area contributed by atoms with Crippen molar-refractivity contribution in [2.75, 3.05) is 0 Å². The molecule has 22 heavy (non-hydrogen) atoms. The monoisotopic (exact) mass is 326 g/mol. The molecule has 0 bridgehead atoms. The van der Waals surface area contributed by atoms with Crippen molar-refractivity contribution in [2.24, 2.45) is 0 Å². The number of alkyl halides is 3. The van der Waals surface area contributed by atoms with Gasteiger partial charge in [0.2, 0.25) is 0 Å². The molecule has 0 spiro atoms. The van der Waals surface area contributed by atoms with Crippen LogP contribution in [0.15, 0.2) is 53.4 Å². The summed E-state index contributed by atoms with van der Waals surface area (Å²) in [5, 5.41) is 8.37. The third-order valence-electron chi connectivity index (χ3n) is 3.04. The predicted octanol–water partition coefficient (Wildman–Crippen LogP) is 4.93. The van der Waals surface area contributed by atoms with Crippen LogP contribution in [0.25, 0.3) is 0 Å². The molecule has 2 rings (SSSR count). The summed E-state index contributed by atoms with van der Waals surface area (Å²) in [7, 11) is 0. The van der Waals surface area contributed by atoms with E-state index in [9.17, 15) is 23.1 Å². The molecule has 0 fully saturated rings. The average molecular weight is 326 g/mol. The lowest BCUT2D eigenvalue weighted by Gasteiger charge is -2.14. The van der Waals surface area contributed by atoms with Gasteiger partial charge < -0.3 is 5.11 Å². The molecule has 2 nitrogen and oxygen atoms in total. The van der Waals surface area contributed by atoms with Gasteiger partial charge in [-0.15, -0.1) is 11.8 Å². The maximum atomic E-state index is 12.5. The molecule has 0 aliphatic rings. The molecule has 0 heterocycles. The summed E-state index contributed by atoms with van der Waals surface area (Å²) >= 11 is 1.09. The van der Waals surface area contributed by atoms with Crippen molar-refractivity contribution in [3.05, 3.63) is 65.2 Å². The van der Waals surface area contributed by atoms with Gasteiger partial charge in [0.1, 0.15) is 5.25 Å². The summed E-state index contributed by atoms with van der Waals surface area (Å²) in [4.78, 5) is 12.2. The Morgan fingerprint density at radius 3 is 2.05 bits per heavy atom. The van der Waals surface area contributed by atoms with Crippen LogP contribution in [-0.2, 0) is 11.0 Å². The van der Waals surface area contributed by atoms with Gasteiger partial charge in [0.05, 0.1) is 5.56 Å². The molecular weight excluding hydrogens is 313 g/mol. The lowest BCUT2D eigenvalue weighted by atomic mass is 10.1. The second-order valence-electron chi connectivity index (χ2n) is 4.77. The highest BCUT2D eigenvalue weighted by atomic mass is 32.2. The van der Waals surface area contributed by atoms with Crippen molar-refractivity contribution in [2.45, 2.75) is 23.2 Å². The number of carbonyl (C=O) groups is 1. The molecule has 2 aromatic rings. The summed E-state index contributed by atoms with van der Waals surface area (Å²) < 4.78 is 37.6. The zero-order valence-corrected chi connectivity index (χ0v) is 12.4. The van der Waals surface area contributed by atoms with Crippen molar-refractivity contribution < 1.29 is 23.1 Å². The van der Waals surface area contributed by atoms with Crippen LogP contribution >= 0.6 is 11.8 Å². The normalized spacial score (nSPS) is 12.9. The van der Waals surface area contributed by atoms with E-state index in [2.05, 4.69) is 0 Å². The highest BCUT2D eigenvalue weighted by Gasteiger charge is 2.31. The molecule has 0 amide bonds. The fraction of sp³-hybridized carbons (Fsp3) is 0.188. The minimum Gasteiger partial charge on any atom is -0.480 e. The van der Waals surface area contributed by atoms with E-state index in [4.69, 9.17) is 0 Å². The van der Waals surface area contributed by atoms with Gasteiger partial charge in [-0.2, -0.15) is 13.2 Å². The van der Waals surface area contributed by atoms with E-state index in [-0.39, 0.29) is 0 Å². The Bertz CT molecular complexity index is 649. The molecule has 2 aromatic carbocycles. The minimum atomic E-state index is -4.43. The van der Waals surface area contributed by atoms with E-state index in [0.29, 0.717) is 5.56 Å². The molecule has 1 atom stereocenters. The largest absolute Gasteiger partial charge is 0.480 e. The fourth-order valence-corrected chi connectivity index (χ4v) is 2.82. The number of aryl methyl sites for hydroxylation is 1. The summed E-state index contributed by atoms with van der Waals surface area (Å²) in [5.41, 5.74) is 0.581. The van der Waals surface area contributed by atoms with Crippen LogP contribution in [0.3, 0.4) is 0 Å². The molecule has 0 saturated heterocycles. The van der Waals surface area contributed by atoms with Crippen LogP contribution in [0.5, 0.6) is 0 Å². The maximum Gasteiger partial charge on any atom is 0.416 e. The highest BCUT2D eigenvalue weighted by Crippen LogP contribution is 2.37. The number of carboxylic acid groups (broad SMARTS) is 1. The number of halogens is 3. The number of aliphatic carboxylic acids is 1. The Kier molecular flexibility index (Phi) is 4.81. The number of benzene rings is 2. The standard InChI is InChI=1S/C16H13F3O2S/c1-10-2-8-13(9-3-10)22-14(15(20)21)11-4-6-12(7-5-11)16(17,18)19/h2-9,14H,1H3,(H,20,21). The van der Waals surface area contributed by atoms with Gasteiger partial charge in [0.25, 0.3) is 0 Å². The smallest absolute Gasteiger partial charge is 0.416 e. The lowest BCUT2D eigenvalue weighted by Crippen LogP contribution is -2.09. The molecule has 6 heteroatoms. The molecule has 1 N–H and O–H groups in total. The van der Waals surface area contributed by atoms with E-state index in [1.54, 1.807) is 12.1 Å². The number of carboxylic acids is 1. The predicted molar refractivity (Wildman–Crippen MR) is 78.9 cm³/mol. The third kappa shape index (κ3) is 4.04. The van der Waals surface area contributed by atoms with Crippen LogP contribution in [-0.4, -0.2) is 11.1 Å². The van der Waals surface area contributed by atoms with Gasteiger partial charge in [0, 0.05) is 4.90 Å². The van der Waals surface area contributed by atoms with Gasteiger partial charge in [-0.05, 0) is 36.8 Å². The SMILES string of the molecule is Cc1ccc(SC(C(=O)O)c2ccc(C(F)(F)F)cc2)cc1. The molecule has 0 radical (unpaired) electrons. The van der Waals surface area contributed by atoms with Crippen molar-refractivity contribution in [3.8, 4) is 0 Å². The van der Waals surface area contributed by atoms with Crippen molar-refractivity contribution in [1.29, 1.82) is 0 Å². The number of hydrogen-bond acceptors (Lipinski definition) is 2. The molecular formula is C16H13F3O2S. The van der Waals surface area contributed by atoms with E-state index >= 15 is 0 Å². The molecule has 1 unspecified atom stereocenters. The summed E-state index contributed by atoms with van der Waals surface area (Å²) in [6, 6.07) is 11.5. The summed E-state index contributed by atoms with van der Waals surface area (Å²) in [5.74, 6) is -1.09. The molecule has 0 aliphatic heterocycles. The zero-order valence-electron chi connectivity index (χ0n) is 11.6. The van der Waals surface area contributed by atoms with E-state index in [1.165, 1.54) is 12.1 Å². The van der Waals surface area contributed by atoms with Crippen LogP contribution < -0.4 is 0 Å². The van der Waals surface area contributed by atoms with Crippen LogP contribution in [0.1, 0.15) is 21.9 Å². The fourth-order valence-electron chi connectivity index (χ4n) is 1.86. The Morgan fingerprint density at radius 1 is 1.05 bits per heavy atom. The van der Waals surface area contributed by atoms with Crippen LogP contribution in [0.2, 0.25) is 0 Å². The van der Waals surface area contributed by atoms with Crippen LogP contribution in [0, 0.1) is 6.92 Å². The second kappa shape index (κ2) is 6.44. The minimum absolute atomic E-state index is 0.325. The first-order chi connectivity index (χ1) is 10.3. The topological polar surface area (TPSA) is 37.3 Å². The Balaban J connectivity index is 2.24.